The van der Waals surface area contributed by atoms with Crippen molar-refractivity contribution >= 4 is 39.8 Å². The summed E-state index contributed by atoms with van der Waals surface area (Å²) in [5.74, 6) is 0.400. The number of guanidine groups is 1. The van der Waals surface area contributed by atoms with E-state index in [1.807, 2.05) is 0 Å². The maximum absolute atomic E-state index is 11.8. The molecule has 0 heterocycles. The van der Waals surface area contributed by atoms with E-state index in [0.29, 0.717) is 31.4 Å². The van der Waals surface area contributed by atoms with Gasteiger partial charge in [0.25, 0.3) is 0 Å². The molecule has 0 spiro atoms. The Kier molecular flexibility index (Phi) is 5.91. The molecule has 5 nitrogen and oxygen atoms in total. The number of hydrogen-bond donors (Lipinski definition) is 2. The van der Waals surface area contributed by atoms with E-state index in [4.69, 9.17) is 5.73 Å². The standard InChI is InChI=1S/C12H23N3O2S.HI/c1-18(16,17)12(7-4-8-12)9-14-11(13)15-10-5-2-3-6-10;/h10H,2-9H2,1H3,(H3,13,14,15);1H. The second kappa shape index (κ2) is 6.60. The molecule has 2 aliphatic carbocycles. The van der Waals surface area contributed by atoms with Crippen molar-refractivity contribution in [3.8, 4) is 0 Å². The van der Waals surface area contributed by atoms with Crippen molar-refractivity contribution in [2.75, 3.05) is 12.8 Å². The Hall–Kier alpha value is -0.0500. The van der Waals surface area contributed by atoms with Crippen molar-refractivity contribution in [3.63, 3.8) is 0 Å². The molecule has 0 radical (unpaired) electrons. The van der Waals surface area contributed by atoms with E-state index in [0.717, 1.165) is 19.3 Å². The summed E-state index contributed by atoms with van der Waals surface area (Å²) >= 11 is 0. The molecule has 7 heteroatoms. The minimum atomic E-state index is -3.04. The zero-order valence-electron chi connectivity index (χ0n) is 11.4. The van der Waals surface area contributed by atoms with Gasteiger partial charge < -0.3 is 11.1 Å². The van der Waals surface area contributed by atoms with Crippen LogP contribution in [-0.2, 0) is 9.84 Å². The summed E-state index contributed by atoms with van der Waals surface area (Å²) in [6, 6.07) is 0.421. The Morgan fingerprint density at radius 1 is 1.32 bits per heavy atom. The first-order valence-corrected chi connectivity index (χ1v) is 8.58. The number of sulfone groups is 1. The number of hydrogen-bond acceptors (Lipinski definition) is 3. The zero-order valence-corrected chi connectivity index (χ0v) is 14.5. The number of nitrogens with two attached hydrogens (primary N) is 1. The highest BCUT2D eigenvalue weighted by Gasteiger charge is 2.46. The molecule has 0 aliphatic heterocycles. The molecule has 2 fully saturated rings. The van der Waals surface area contributed by atoms with E-state index in [1.54, 1.807) is 0 Å². The maximum Gasteiger partial charge on any atom is 0.188 e. The van der Waals surface area contributed by atoms with Gasteiger partial charge in [-0.3, -0.25) is 4.99 Å². The summed E-state index contributed by atoms with van der Waals surface area (Å²) < 4.78 is 22.9. The van der Waals surface area contributed by atoms with Crippen LogP contribution in [0, 0.1) is 0 Å². The Morgan fingerprint density at radius 2 is 1.89 bits per heavy atom. The van der Waals surface area contributed by atoms with Gasteiger partial charge in [-0.15, -0.1) is 24.0 Å². The van der Waals surface area contributed by atoms with Crippen molar-refractivity contribution < 1.29 is 8.42 Å². The van der Waals surface area contributed by atoms with Crippen LogP contribution in [0.5, 0.6) is 0 Å². The van der Waals surface area contributed by atoms with Crippen molar-refractivity contribution in [2.45, 2.75) is 55.7 Å². The third-order valence-electron chi connectivity index (χ3n) is 4.30. The molecule has 2 rings (SSSR count). The van der Waals surface area contributed by atoms with Crippen molar-refractivity contribution in [1.82, 2.24) is 5.32 Å². The van der Waals surface area contributed by atoms with Gasteiger partial charge in [0.15, 0.2) is 15.8 Å². The van der Waals surface area contributed by atoms with Crippen LogP contribution in [0.1, 0.15) is 44.9 Å². The van der Waals surface area contributed by atoms with Gasteiger partial charge in [-0.05, 0) is 25.7 Å². The van der Waals surface area contributed by atoms with Gasteiger partial charge >= 0.3 is 0 Å². The first-order valence-electron chi connectivity index (χ1n) is 6.69. The van der Waals surface area contributed by atoms with Crippen LogP contribution in [0.4, 0.5) is 0 Å². The molecule has 0 saturated heterocycles. The molecule has 3 N–H and O–H groups in total. The third-order valence-corrected chi connectivity index (χ3v) is 6.41. The number of nitrogens with zero attached hydrogens (tertiary/aromatic N) is 1. The second-order valence-electron chi connectivity index (χ2n) is 5.64. The van der Waals surface area contributed by atoms with Crippen molar-refractivity contribution in [3.05, 3.63) is 0 Å². The van der Waals surface area contributed by atoms with E-state index in [2.05, 4.69) is 10.3 Å². The minimum absolute atomic E-state index is 0. The van der Waals surface area contributed by atoms with Crippen molar-refractivity contribution in [1.29, 1.82) is 0 Å². The Bertz CT molecular complexity index is 426. The van der Waals surface area contributed by atoms with Crippen LogP contribution in [0.25, 0.3) is 0 Å². The Morgan fingerprint density at radius 3 is 2.32 bits per heavy atom. The van der Waals surface area contributed by atoms with Crippen LogP contribution in [0.15, 0.2) is 4.99 Å². The fraction of sp³-hybridized carbons (Fsp3) is 0.917. The smallest absolute Gasteiger partial charge is 0.188 e. The van der Waals surface area contributed by atoms with Gasteiger partial charge in [-0.25, -0.2) is 8.42 Å². The molecular formula is C12H24IN3O2S. The van der Waals surface area contributed by atoms with Gasteiger partial charge in [0.2, 0.25) is 0 Å². The largest absolute Gasteiger partial charge is 0.370 e. The second-order valence-corrected chi connectivity index (χ2v) is 8.05. The highest BCUT2D eigenvalue weighted by molar-refractivity contribution is 14.0. The van der Waals surface area contributed by atoms with Crippen LogP contribution in [0.2, 0.25) is 0 Å². The zero-order chi connectivity index (χ0) is 13.2. The van der Waals surface area contributed by atoms with Crippen LogP contribution < -0.4 is 11.1 Å². The molecule has 0 unspecified atom stereocenters. The number of nitrogens with one attached hydrogen (secondary N) is 1. The fourth-order valence-electron chi connectivity index (χ4n) is 2.77. The van der Waals surface area contributed by atoms with Gasteiger partial charge in [0, 0.05) is 12.3 Å². The molecule has 19 heavy (non-hydrogen) atoms. The van der Waals surface area contributed by atoms with Crippen LogP contribution >= 0.6 is 24.0 Å². The summed E-state index contributed by atoms with van der Waals surface area (Å²) in [5.41, 5.74) is 5.83. The van der Waals surface area contributed by atoms with E-state index < -0.39 is 14.6 Å². The summed E-state index contributed by atoms with van der Waals surface area (Å²) in [5, 5.41) is 3.18. The van der Waals surface area contributed by atoms with Crippen LogP contribution in [0.3, 0.4) is 0 Å². The highest BCUT2D eigenvalue weighted by atomic mass is 127. The predicted octanol–water partition coefficient (Wildman–Crippen LogP) is 1.42. The quantitative estimate of drug-likeness (QED) is 0.424. The predicted molar refractivity (Wildman–Crippen MR) is 88.7 cm³/mol. The first kappa shape index (κ1) is 17.0. The Labute approximate surface area is 132 Å². The summed E-state index contributed by atoms with van der Waals surface area (Å²) in [6.45, 7) is 0.303. The van der Waals surface area contributed by atoms with E-state index in [9.17, 15) is 8.42 Å². The van der Waals surface area contributed by atoms with E-state index >= 15 is 0 Å². The van der Waals surface area contributed by atoms with E-state index in [-0.39, 0.29) is 24.0 Å². The number of halogens is 1. The Balaban J connectivity index is 0.00000180. The molecule has 0 bridgehead atoms. The monoisotopic (exact) mass is 401 g/mol. The van der Waals surface area contributed by atoms with E-state index in [1.165, 1.54) is 19.1 Å². The molecule has 0 aromatic carbocycles. The topological polar surface area (TPSA) is 84.5 Å². The number of aliphatic imine (C=N–C) groups is 1. The molecule has 0 aromatic heterocycles. The highest BCUT2D eigenvalue weighted by Crippen LogP contribution is 2.39. The summed E-state index contributed by atoms with van der Waals surface area (Å²) in [4.78, 5) is 4.25. The van der Waals surface area contributed by atoms with Gasteiger partial charge in [0.05, 0.1) is 11.3 Å². The molecule has 0 aromatic rings. The minimum Gasteiger partial charge on any atom is -0.370 e. The van der Waals surface area contributed by atoms with Gasteiger partial charge in [-0.1, -0.05) is 19.3 Å². The van der Waals surface area contributed by atoms with Crippen LogP contribution in [-0.4, -0.2) is 38.0 Å². The molecule has 0 amide bonds. The molecule has 2 aliphatic rings. The first-order chi connectivity index (χ1) is 8.43. The molecule has 0 atom stereocenters. The average molecular weight is 401 g/mol. The SMILES string of the molecule is CS(=O)(=O)C1(CN=C(N)NC2CCCC2)CCC1.I. The van der Waals surface area contributed by atoms with Gasteiger partial charge in [-0.2, -0.15) is 0 Å². The summed E-state index contributed by atoms with van der Waals surface area (Å²) in [6.07, 6.45) is 8.44. The third kappa shape index (κ3) is 3.96. The normalized spacial score (nSPS) is 23.5. The van der Waals surface area contributed by atoms with Crippen molar-refractivity contribution in [2.24, 2.45) is 10.7 Å². The lowest BCUT2D eigenvalue weighted by Gasteiger charge is -2.38. The molecular weight excluding hydrogens is 377 g/mol. The lowest BCUT2D eigenvalue weighted by Crippen LogP contribution is -2.48. The maximum atomic E-state index is 11.8. The summed E-state index contributed by atoms with van der Waals surface area (Å²) in [7, 11) is -3.04. The molecule has 112 valence electrons. The average Bonchev–Trinajstić information content (AvgIpc) is 2.66. The number of rotatable bonds is 4. The lowest BCUT2D eigenvalue weighted by atomic mass is 9.84. The fourth-order valence-corrected chi connectivity index (χ4v) is 4.10. The van der Waals surface area contributed by atoms with Gasteiger partial charge in [0.1, 0.15) is 0 Å². The molecule has 2 saturated carbocycles. The lowest BCUT2D eigenvalue weighted by molar-refractivity contribution is 0.346.